The third-order valence-corrected chi connectivity index (χ3v) is 2.66. The van der Waals surface area contributed by atoms with E-state index in [2.05, 4.69) is 0 Å². The summed E-state index contributed by atoms with van der Waals surface area (Å²) in [5, 5.41) is 0. The molecule has 1 heterocycles. The second kappa shape index (κ2) is 4.85. The quantitative estimate of drug-likeness (QED) is 0.783. The number of rotatable bonds is 3. The van der Waals surface area contributed by atoms with E-state index >= 15 is 0 Å². The van der Waals surface area contributed by atoms with Gasteiger partial charge in [-0.25, -0.2) is 0 Å². The Hall–Kier alpha value is -1.06. The van der Waals surface area contributed by atoms with Crippen LogP contribution in [0, 0.1) is 12.8 Å². The van der Waals surface area contributed by atoms with E-state index in [1.54, 1.807) is 7.11 Å². The van der Waals surface area contributed by atoms with Crippen LogP contribution in [0.5, 0.6) is 5.75 Å². The third-order valence-electron chi connectivity index (χ3n) is 2.66. The predicted molar refractivity (Wildman–Crippen MR) is 60.0 cm³/mol. The van der Waals surface area contributed by atoms with Crippen LogP contribution in [0.1, 0.15) is 18.8 Å². The summed E-state index contributed by atoms with van der Waals surface area (Å²) in [6.45, 7) is 8.22. The number of ether oxygens (including phenoxy) is 3. The lowest BCUT2D eigenvalue weighted by atomic mass is 10.1. The summed E-state index contributed by atoms with van der Waals surface area (Å²) in [7, 11) is 1.64. The lowest BCUT2D eigenvalue weighted by Crippen LogP contribution is -2.17. The molecule has 1 aliphatic rings. The van der Waals surface area contributed by atoms with Gasteiger partial charge in [0, 0.05) is 5.56 Å². The van der Waals surface area contributed by atoms with Gasteiger partial charge in [-0.15, -0.1) is 0 Å². The van der Waals surface area contributed by atoms with Gasteiger partial charge in [-0.2, -0.15) is 0 Å². The van der Waals surface area contributed by atoms with Gasteiger partial charge in [-0.1, -0.05) is 19.1 Å². The summed E-state index contributed by atoms with van der Waals surface area (Å²) in [5.41, 5.74) is 0.961. The highest BCUT2D eigenvalue weighted by Crippen LogP contribution is 2.31. The third kappa shape index (κ3) is 2.36. The summed E-state index contributed by atoms with van der Waals surface area (Å²) in [4.78, 5) is 0. The highest BCUT2D eigenvalue weighted by molar-refractivity contribution is 5.29. The summed E-state index contributed by atoms with van der Waals surface area (Å²) < 4.78 is 16.4. The van der Waals surface area contributed by atoms with Crippen LogP contribution in [0.4, 0.5) is 0 Å². The predicted octanol–water partition coefficient (Wildman–Crippen LogP) is 2.46. The van der Waals surface area contributed by atoms with Crippen molar-refractivity contribution < 1.29 is 14.2 Å². The standard InChI is InChI=1S/C13H16O3/c1-9(2)12-8-15-13(16-12)10-5-4-6-11(7-10)14-3/h1,4-7,9,12-13H,8H2,2-3H3. The van der Waals surface area contributed by atoms with Crippen molar-refractivity contribution in [1.82, 2.24) is 0 Å². The topological polar surface area (TPSA) is 27.7 Å². The van der Waals surface area contributed by atoms with E-state index in [-0.39, 0.29) is 18.3 Å². The van der Waals surface area contributed by atoms with Crippen LogP contribution < -0.4 is 4.74 Å². The molecule has 1 aromatic rings. The molecule has 1 saturated heterocycles. The number of benzene rings is 1. The van der Waals surface area contributed by atoms with Gasteiger partial charge < -0.3 is 14.2 Å². The first-order valence-corrected chi connectivity index (χ1v) is 5.37. The van der Waals surface area contributed by atoms with Gasteiger partial charge in [0.15, 0.2) is 6.29 Å². The fourth-order valence-electron chi connectivity index (χ4n) is 1.66. The van der Waals surface area contributed by atoms with Crippen molar-refractivity contribution in [3.8, 4) is 5.75 Å². The van der Waals surface area contributed by atoms with Crippen molar-refractivity contribution in [1.29, 1.82) is 0 Å². The Morgan fingerprint density at radius 3 is 2.94 bits per heavy atom. The van der Waals surface area contributed by atoms with Crippen LogP contribution in [-0.2, 0) is 9.47 Å². The highest BCUT2D eigenvalue weighted by Gasteiger charge is 2.29. The van der Waals surface area contributed by atoms with Crippen LogP contribution in [0.3, 0.4) is 0 Å². The number of hydrogen-bond acceptors (Lipinski definition) is 3. The van der Waals surface area contributed by atoms with E-state index in [0.717, 1.165) is 11.3 Å². The molecule has 3 unspecified atom stereocenters. The van der Waals surface area contributed by atoms with Crippen LogP contribution in [0.15, 0.2) is 24.3 Å². The molecule has 1 aliphatic heterocycles. The van der Waals surface area contributed by atoms with Crippen LogP contribution in [-0.4, -0.2) is 19.8 Å². The second-order valence-electron chi connectivity index (χ2n) is 3.98. The first-order chi connectivity index (χ1) is 7.70. The highest BCUT2D eigenvalue weighted by atomic mass is 16.7. The van der Waals surface area contributed by atoms with Crippen molar-refractivity contribution in [3.05, 3.63) is 36.8 Å². The van der Waals surface area contributed by atoms with Crippen molar-refractivity contribution in [2.75, 3.05) is 13.7 Å². The molecule has 0 spiro atoms. The van der Waals surface area contributed by atoms with E-state index in [9.17, 15) is 0 Å². The largest absolute Gasteiger partial charge is 0.497 e. The Morgan fingerprint density at radius 2 is 2.31 bits per heavy atom. The molecule has 2 rings (SSSR count). The monoisotopic (exact) mass is 220 g/mol. The van der Waals surface area contributed by atoms with E-state index in [1.807, 2.05) is 31.2 Å². The first-order valence-electron chi connectivity index (χ1n) is 5.37. The Bertz CT molecular complexity index is 349. The lowest BCUT2D eigenvalue weighted by molar-refractivity contribution is -0.0655. The molecule has 16 heavy (non-hydrogen) atoms. The molecule has 3 nitrogen and oxygen atoms in total. The molecule has 0 aromatic heterocycles. The van der Waals surface area contributed by atoms with Gasteiger partial charge in [0.05, 0.1) is 19.8 Å². The second-order valence-corrected chi connectivity index (χ2v) is 3.98. The normalized spacial score (nSPS) is 25.0. The van der Waals surface area contributed by atoms with Crippen LogP contribution >= 0.6 is 0 Å². The molecule has 0 amide bonds. The molecule has 0 saturated carbocycles. The summed E-state index contributed by atoms with van der Waals surface area (Å²) in [5.74, 6) is 0.782. The fraction of sp³-hybridized carbons (Fsp3) is 0.462. The average Bonchev–Trinajstić information content (AvgIpc) is 2.78. The fourth-order valence-corrected chi connectivity index (χ4v) is 1.66. The van der Waals surface area contributed by atoms with E-state index in [1.165, 1.54) is 0 Å². The first kappa shape index (κ1) is 11.4. The molecule has 1 aromatic carbocycles. The Labute approximate surface area is 96.3 Å². The lowest BCUT2D eigenvalue weighted by Gasteiger charge is -2.14. The molecule has 0 N–H and O–H groups in total. The minimum atomic E-state index is -0.328. The van der Waals surface area contributed by atoms with Gasteiger partial charge in [0.25, 0.3) is 0 Å². The maximum Gasteiger partial charge on any atom is 0.184 e. The number of hydrogen-bond donors (Lipinski definition) is 0. The van der Waals surface area contributed by atoms with Crippen LogP contribution in [0.25, 0.3) is 0 Å². The van der Waals surface area contributed by atoms with Crippen molar-refractivity contribution in [2.24, 2.45) is 5.92 Å². The molecule has 86 valence electrons. The van der Waals surface area contributed by atoms with Gasteiger partial charge >= 0.3 is 0 Å². The summed E-state index contributed by atoms with van der Waals surface area (Å²) in [6, 6.07) is 7.67. The maximum atomic E-state index is 5.76. The Kier molecular flexibility index (Phi) is 3.46. The summed E-state index contributed by atoms with van der Waals surface area (Å²) >= 11 is 0. The minimum absolute atomic E-state index is 0.0180. The van der Waals surface area contributed by atoms with Gasteiger partial charge in [-0.05, 0) is 25.0 Å². The van der Waals surface area contributed by atoms with Gasteiger partial charge in [-0.3, -0.25) is 0 Å². The van der Waals surface area contributed by atoms with Gasteiger partial charge in [0.1, 0.15) is 5.75 Å². The van der Waals surface area contributed by atoms with Gasteiger partial charge in [0.2, 0.25) is 0 Å². The van der Waals surface area contributed by atoms with Crippen LogP contribution in [0.2, 0.25) is 0 Å². The zero-order chi connectivity index (χ0) is 11.5. The van der Waals surface area contributed by atoms with Crippen molar-refractivity contribution in [3.63, 3.8) is 0 Å². The number of methoxy groups -OCH3 is 1. The molecule has 0 aliphatic carbocycles. The van der Waals surface area contributed by atoms with E-state index < -0.39 is 0 Å². The zero-order valence-corrected chi connectivity index (χ0v) is 9.55. The molecular weight excluding hydrogens is 204 g/mol. The van der Waals surface area contributed by atoms with E-state index in [0.29, 0.717) is 6.61 Å². The van der Waals surface area contributed by atoms with E-state index in [4.69, 9.17) is 21.1 Å². The molecule has 1 fully saturated rings. The average molecular weight is 220 g/mol. The van der Waals surface area contributed by atoms with Crippen molar-refractivity contribution in [2.45, 2.75) is 19.3 Å². The zero-order valence-electron chi connectivity index (χ0n) is 9.55. The van der Waals surface area contributed by atoms with Crippen molar-refractivity contribution >= 4 is 0 Å². The minimum Gasteiger partial charge on any atom is -0.497 e. The molecule has 3 heteroatoms. The SMILES string of the molecule is [CH]C(C)C1COC(c2cccc(OC)c2)O1. The molecule has 2 radical (unpaired) electrons. The molecule has 0 bridgehead atoms. The molecule has 3 atom stereocenters. The summed E-state index contributed by atoms with van der Waals surface area (Å²) in [6.07, 6.45) is -0.359. The molecular formula is C13H16O3. The smallest absolute Gasteiger partial charge is 0.184 e. The Morgan fingerprint density at radius 1 is 1.50 bits per heavy atom. The maximum absolute atomic E-state index is 5.76. The Balaban J connectivity index is 2.08.